The molecule has 0 nitrogen and oxygen atoms in total. The molecule has 100 valence electrons. The van der Waals surface area contributed by atoms with Crippen LogP contribution in [0.15, 0.2) is 35.3 Å². The van der Waals surface area contributed by atoms with E-state index in [1.54, 1.807) is 0 Å². The summed E-state index contributed by atoms with van der Waals surface area (Å²) in [5, 5.41) is 0. The van der Waals surface area contributed by atoms with E-state index in [0.717, 1.165) is 4.91 Å². The third-order valence-electron chi connectivity index (χ3n) is 2.15. The van der Waals surface area contributed by atoms with Gasteiger partial charge in [-0.1, -0.05) is 85.8 Å². The van der Waals surface area contributed by atoms with Crippen LogP contribution in [-0.2, 0) is 0 Å². The van der Waals surface area contributed by atoms with Crippen LogP contribution in [0, 0.1) is 10.8 Å². The number of rotatable bonds is 0. The zero-order valence-electron chi connectivity index (χ0n) is 12.8. The zero-order valence-corrected chi connectivity index (χ0v) is 13.7. The van der Waals surface area contributed by atoms with Gasteiger partial charge in [0.1, 0.15) is 0 Å². The van der Waals surface area contributed by atoms with Gasteiger partial charge in [-0.2, -0.15) is 0 Å². The van der Waals surface area contributed by atoms with Crippen molar-refractivity contribution in [2.45, 2.75) is 55.4 Å². The van der Waals surface area contributed by atoms with Gasteiger partial charge in [0.2, 0.25) is 0 Å². The molecule has 0 aromatic carbocycles. The van der Waals surface area contributed by atoms with E-state index in [0.29, 0.717) is 0 Å². The van der Waals surface area contributed by atoms with Crippen molar-refractivity contribution in [3.8, 4) is 0 Å². The van der Waals surface area contributed by atoms with Crippen LogP contribution in [0.5, 0.6) is 0 Å². The largest absolute Gasteiger partial charge is 0.144 e. The normalized spacial score (nSPS) is 26.5. The molecule has 17 heavy (non-hydrogen) atoms. The Morgan fingerprint density at radius 3 is 1.65 bits per heavy atom. The van der Waals surface area contributed by atoms with Crippen LogP contribution in [0.4, 0.5) is 0 Å². The first-order valence-electron chi connectivity index (χ1n) is 6.62. The molecule has 0 bridgehead atoms. The Kier molecular flexibility index (Phi) is 9.61. The van der Waals surface area contributed by atoms with E-state index in [2.05, 4.69) is 70.7 Å². The van der Waals surface area contributed by atoms with E-state index in [9.17, 15) is 0 Å². The Morgan fingerprint density at radius 2 is 1.18 bits per heavy atom. The highest BCUT2D eigenvalue weighted by atomic mass is 32.1. The first kappa shape index (κ1) is 18.9. The van der Waals surface area contributed by atoms with Crippen molar-refractivity contribution in [2.24, 2.45) is 10.8 Å². The molecule has 0 aliphatic heterocycles. The van der Waals surface area contributed by atoms with Crippen molar-refractivity contribution in [1.82, 2.24) is 0 Å². The number of hydrogen-bond acceptors (Lipinski definition) is 1. The van der Waals surface area contributed by atoms with Gasteiger partial charge in [-0.15, -0.1) is 12.6 Å². The van der Waals surface area contributed by atoms with Gasteiger partial charge >= 0.3 is 0 Å². The van der Waals surface area contributed by atoms with Gasteiger partial charge in [0.05, 0.1) is 0 Å². The molecule has 0 fully saturated rings. The van der Waals surface area contributed by atoms with Gasteiger partial charge < -0.3 is 0 Å². The highest BCUT2D eigenvalue weighted by Gasteiger charge is 2.16. The lowest BCUT2D eigenvalue weighted by atomic mass is 9.84. The zero-order chi connectivity index (χ0) is 14.1. The van der Waals surface area contributed by atoms with Crippen LogP contribution >= 0.6 is 12.6 Å². The van der Waals surface area contributed by atoms with Crippen molar-refractivity contribution < 1.29 is 0 Å². The molecule has 0 heterocycles. The van der Waals surface area contributed by atoms with Crippen LogP contribution in [0.1, 0.15) is 55.4 Å². The molecule has 0 aromatic heterocycles. The molecule has 1 aliphatic carbocycles. The van der Waals surface area contributed by atoms with Crippen LogP contribution < -0.4 is 0 Å². The number of hydrogen-bond donors (Lipinski definition) is 1. The highest BCUT2D eigenvalue weighted by Crippen LogP contribution is 2.30. The fraction of sp³-hybridized carbons (Fsp3) is 0.625. The summed E-state index contributed by atoms with van der Waals surface area (Å²) >= 11 is 4.41. The van der Waals surface area contributed by atoms with Gasteiger partial charge in [0.15, 0.2) is 0 Å². The number of allylic oxidation sites excluding steroid dienone is 5. The minimum absolute atomic E-state index is 0.110. The quantitative estimate of drug-likeness (QED) is 0.396. The van der Waals surface area contributed by atoms with Crippen molar-refractivity contribution in [2.75, 3.05) is 0 Å². The van der Waals surface area contributed by atoms with Crippen LogP contribution in [0.3, 0.4) is 0 Å². The van der Waals surface area contributed by atoms with Gasteiger partial charge in [-0.25, -0.2) is 0 Å². The summed E-state index contributed by atoms with van der Waals surface area (Å²) in [5.74, 6) is 0. The summed E-state index contributed by atoms with van der Waals surface area (Å²) in [4.78, 5) is 1.04. The Hall–Kier alpha value is -0.430. The molecule has 0 N–H and O–H groups in total. The smallest absolute Gasteiger partial charge is 0.00187 e. The lowest BCUT2D eigenvalue weighted by Crippen LogP contribution is -2.10. The van der Waals surface area contributed by atoms with Gasteiger partial charge in [0, 0.05) is 15.7 Å². The van der Waals surface area contributed by atoms with Gasteiger partial charge in [0.25, 0.3) is 0 Å². The predicted octanol–water partition coefficient (Wildman–Crippen LogP) is 6.03. The lowest BCUT2D eigenvalue weighted by Gasteiger charge is -2.23. The third kappa shape index (κ3) is 9.29. The molecule has 0 spiro atoms. The summed E-state index contributed by atoms with van der Waals surface area (Å²) < 4.78 is 0. The maximum absolute atomic E-state index is 4.41. The van der Waals surface area contributed by atoms with Gasteiger partial charge in [-0.05, 0) is 0 Å². The Labute approximate surface area is 114 Å². The lowest BCUT2D eigenvalue weighted by molar-refractivity contribution is 0.575. The Morgan fingerprint density at radius 1 is 0.765 bits per heavy atom. The first-order valence-corrected chi connectivity index (χ1v) is 7.07. The molecule has 0 radical (unpaired) electrons. The van der Waals surface area contributed by atoms with Crippen LogP contribution in [0.25, 0.3) is 0 Å². The highest BCUT2D eigenvalue weighted by molar-refractivity contribution is 7.84. The van der Waals surface area contributed by atoms with Crippen LogP contribution in [0.2, 0.25) is 0 Å². The minimum Gasteiger partial charge on any atom is -0.144 e. The Bertz CT molecular complexity index is 278. The second kappa shape index (κ2) is 8.63. The molecule has 0 amide bonds. The standard InChI is InChI=1S/C12H18S.2C2H6/c1-11(2)6-5-10(13)9-12(3,4)8-7-11;2*1-2/h5-9,13H,1-4H3;2*1-2H3/b6-5-,8-7-,10-9+;;. The average Bonchev–Trinajstić information content (AvgIpc) is 2.29. The van der Waals surface area contributed by atoms with E-state index in [1.807, 2.05) is 27.7 Å². The summed E-state index contributed by atoms with van der Waals surface area (Å²) in [6.07, 6.45) is 10.9. The monoisotopic (exact) mass is 254 g/mol. The summed E-state index contributed by atoms with van der Waals surface area (Å²) in [5.41, 5.74) is 0.249. The van der Waals surface area contributed by atoms with Crippen molar-refractivity contribution in [1.29, 1.82) is 0 Å². The SMILES string of the molecule is CC.CC.CC1(C)/C=C\C(S)=C/C(C)(C)/C=C\1. The topological polar surface area (TPSA) is 0 Å². The van der Waals surface area contributed by atoms with E-state index in [4.69, 9.17) is 0 Å². The van der Waals surface area contributed by atoms with Crippen molar-refractivity contribution >= 4 is 12.6 Å². The van der Waals surface area contributed by atoms with Crippen molar-refractivity contribution in [3.05, 3.63) is 35.3 Å². The maximum Gasteiger partial charge on any atom is 0.00187 e. The molecule has 1 aliphatic rings. The molecule has 1 rings (SSSR count). The van der Waals surface area contributed by atoms with E-state index < -0.39 is 0 Å². The summed E-state index contributed by atoms with van der Waals surface area (Å²) in [6.45, 7) is 16.8. The van der Waals surface area contributed by atoms with Gasteiger partial charge in [-0.3, -0.25) is 0 Å². The second-order valence-corrected chi connectivity index (χ2v) is 5.40. The van der Waals surface area contributed by atoms with Crippen molar-refractivity contribution in [3.63, 3.8) is 0 Å². The molecular formula is C16H30S. The maximum atomic E-state index is 4.41. The average molecular weight is 254 g/mol. The predicted molar refractivity (Wildman–Crippen MR) is 85.6 cm³/mol. The second-order valence-electron chi connectivity index (χ2n) is 4.88. The van der Waals surface area contributed by atoms with E-state index in [1.165, 1.54) is 0 Å². The van der Waals surface area contributed by atoms with Crippen LogP contribution in [-0.4, -0.2) is 0 Å². The molecule has 0 saturated heterocycles. The first-order chi connectivity index (χ1) is 7.81. The molecule has 0 saturated carbocycles. The number of thiol groups is 1. The molecule has 1 heteroatoms. The van der Waals surface area contributed by atoms with E-state index in [-0.39, 0.29) is 10.8 Å². The minimum atomic E-state index is 0.110. The Balaban J connectivity index is 0. The summed E-state index contributed by atoms with van der Waals surface area (Å²) in [7, 11) is 0. The third-order valence-corrected chi connectivity index (χ3v) is 2.42. The summed E-state index contributed by atoms with van der Waals surface area (Å²) in [6, 6.07) is 0. The fourth-order valence-electron chi connectivity index (χ4n) is 1.26. The fourth-order valence-corrected chi connectivity index (χ4v) is 1.67. The molecule has 0 atom stereocenters. The molecule has 0 aromatic rings. The van der Waals surface area contributed by atoms with E-state index >= 15 is 0 Å². The molecular weight excluding hydrogens is 224 g/mol. The molecule has 0 unspecified atom stereocenters.